The van der Waals surface area contributed by atoms with E-state index in [1.165, 1.54) is 0 Å². The first-order valence-corrected chi connectivity index (χ1v) is 6.09. The maximum Gasteiger partial charge on any atom is 0.236 e. The molecule has 6 nitrogen and oxygen atoms in total. The van der Waals surface area contributed by atoms with Gasteiger partial charge in [-0.1, -0.05) is 6.42 Å². The van der Waals surface area contributed by atoms with Crippen LogP contribution in [-0.4, -0.2) is 54.8 Å². The van der Waals surface area contributed by atoms with E-state index >= 15 is 0 Å². The molecule has 0 aromatic heterocycles. The van der Waals surface area contributed by atoms with E-state index in [2.05, 4.69) is 10.3 Å². The van der Waals surface area contributed by atoms with Crippen molar-refractivity contribution < 1.29 is 9.59 Å². The van der Waals surface area contributed by atoms with Crippen molar-refractivity contribution in [3.05, 3.63) is 0 Å². The number of nitrogens with one attached hydrogen (secondary N) is 1. The van der Waals surface area contributed by atoms with Crippen molar-refractivity contribution in [2.24, 2.45) is 5.84 Å². The number of hydrogen-bond donors (Lipinski definition) is 2. The predicted octanol–water partition coefficient (Wildman–Crippen LogP) is -0.689. The molecule has 2 amide bonds. The van der Waals surface area contributed by atoms with Crippen LogP contribution >= 0.6 is 0 Å². The fourth-order valence-corrected chi connectivity index (χ4v) is 1.87. The molecule has 1 aliphatic heterocycles. The molecule has 6 heteroatoms. The van der Waals surface area contributed by atoms with Crippen LogP contribution in [0, 0.1) is 0 Å². The molecular weight excluding hydrogens is 220 g/mol. The maximum absolute atomic E-state index is 11.4. The lowest BCUT2D eigenvalue weighted by molar-refractivity contribution is -0.134. The highest BCUT2D eigenvalue weighted by Crippen LogP contribution is 2.05. The van der Waals surface area contributed by atoms with Gasteiger partial charge in [0.05, 0.1) is 6.54 Å². The van der Waals surface area contributed by atoms with Gasteiger partial charge in [-0.3, -0.25) is 19.9 Å². The second-order valence-corrected chi connectivity index (χ2v) is 4.47. The molecule has 0 unspecified atom stereocenters. The average molecular weight is 242 g/mol. The first kappa shape index (κ1) is 13.9. The third kappa shape index (κ3) is 5.14. The van der Waals surface area contributed by atoms with E-state index in [4.69, 9.17) is 5.84 Å². The van der Waals surface area contributed by atoms with Gasteiger partial charge in [-0.15, -0.1) is 0 Å². The first-order valence-electron chi connectivity index (χ1n) is 6.09. The normalized spacial score (nSPS) is 17.3. The van der Waals surface area contributed by atoms with Gasteiger partial charge in [0.1, 0.15) is 0 Å². The van der Waals surface area contributed by atoms with E-state index in [9.17, 15) is 9.59 Å². The average Bonchev–Trinajstić information content (AvgIpc) is 2.33. The van der Waals surface area contributed by atoms with Gasteiger partial charge in [0.15, 0.2) is 0 Å². The zero-order valence-corrected chi connectivity index (χ0v) is 10.4. The predicted molar refractivity (Wildman–Crippen MR) is 64.9 cm³/mol. The van der Waals surface area contributed by atoms with Crippen LogP contribution < -0.4 is 11.3 Å². The molecule has 0 saturated carbocycles. The van der Waals surface area contributed by atoms with Crippen molar-refractivity contribution in [1.29, 1.82) is 0 Å². The zero-order chi connectivity index (χ0) is 12.7. The molecule has 98 valence electrons. The Kier molecular flexibility index (Phi) is 5.93. The fraction of sp³-hybridized carbons (Fsp3) is 0.818. The van der Waals surface area contributed by atoms with Gasteiger partial charge in [0, 0.05) is 26.6 Å². The summed E-state index contributed by atoms with van der Waals surface area (Å²) in [6.07, 6.45) is 3.35. The number of rotatable bonds is 6. The Hall–Kier alpha value is -1.14. The Morgan fingerprint density at radius 1 is 1.35 bits per heavy atom. The van der Waals surface area contributed by atoms with Gasteiger partial charge in [0.2, 0.25) is 11.8 Å². The van der Waals surface area contributed by atoms with E-state index in [0.717, 1.165) is 38.9 Å². The molecule has 0 aliphatic carbocycles. The van der Waals surface area contributed by atoms with E-state index in [0.29, 0.717) is 13.0 Å². The van der Waals surface area contributed by atoms with Gasteiger partial charge in [-0.2, -0.15) is 0 Å². The number of amides is 2. The van der Waals surface area contributed by atoms with Crippen LogP contribution in [0.5, 0.6) is 0 Å². The molecule has 0 radical (unpaired) electrons. The minimum Gasteiger partial charge on any atom is -0.343 e. The highest BCUT2D eigenvalue weighted by molar-refractivity contribution is 5.78. The van der Waals surface area contributed by atoms with Crippen LogP contribution in [0.15, 0.2) is 0 Å². The zero-order valence-electron chi connectivity index (χ0n) is 10.4. The van der Waals surface area contributed by atoms with Crippen LogP contribution in [0.25, 0.3) is 0 Å². The molecule has 0 aromatic carbocycles. The minimum atomic E-state index is -0.111. The number of hydrogen-bond acceptors (Lipinski definition) is 4. The molecule has 1 saturated heterocycles. The molecule has 0 aromatic rings. The Bertz CT molecular complexity index is 270. The molecule has 0 atom stereocenters. The first-order chi connectivity index (χ1) is 8.13. The number of carbonyl (C=O) groups is 2. The van der Waals surface area contributed by atoms with Gasteiger partial charge in [-0.05, 0) is 19.4 Å². The van der Waals surface area contributed by atoms with Crippen molar-refractivity contribution in [2.45, 2.75) is 25.7 Å². The summed E-state index contributed by atoms with van der Waals surface area (Å²) in [5, 5.41) is 0. The third-order valence-electron chi connectivity index (χ3n) is 3.08. The van der Waals surface area contributed by atoms with Gasteiger partial charge in [0.25, 0.3) is 0 Å². The molecule has 1 fully saturated rings. The lowest BCUT2D eigenvalue weighted by atomic mass is 10.1. The summed E-state index contributed by atoms with van der Waals surface area (Å²) in [7, 11) is 1.84. The summed E-state index contributed by atoms with van der Waals surface area (Å²) in [5.74, 6) is 5.06. The van der Waals surface area contributed by atoms with Crippen LogP contribution in [0.4, 0.5) is 0 Å². The van der Waals surface area contributed by atoms with Crippen LogP contribution in [0.1, 0.15) is 25.7 Å². The molecule has 1 heterocycles. The summed E-state index contributed by atoms with van der Waals surface area (Å²) >= 11 is 0. The highest BCUT2D eigenvalue weighted by Gasteiger charge is 2.19. The van der Waals surface area contributed by atoms with E-state index in [1.807, 2.05) is 7.05 Å². The van der Waals surface area contributed by atoms with Gasteiger partial charge >= 0.3 is 0 Å². The Morgan fingerprint density at radius 3 is 2.76 bits per heavy atom. The van der Waals surface area contributed by atoms with Crippen molar-refractivity contribution in [1.82, 2.24) is 15.2 Å². The summed E-state index contributed by atoms with van der Waals surface area (Å²) in [4.78, 5) is 26.2. The number of likely N-dealkylation sites (N-methyl/N-ethyl adjacent to an activating group) is 1. The van der Waals surface area contributed by atoms with E-state index < -0.39 is 0 Å². The molecule has 17 heavy (non-hydrogen) atoms. The lowest BCUT2D eigenvalue weighted by Gasteiger charge is -2.31. The van der Waals surface area contributed by atoms with Crippen molar-refractivity contribution in [2.75, 3.05) is 33.2 Å². The topological polar surface area (TPSA) is 78.7 Å². The second-order valence-electron chi connectivity index (χ2n) is 4.47. The molecule has 1 aliphatic rings. The molecule has 0 spiro atoms. The quantitative estimate of drug-likeness (QED) is 0.280. The van der Waals surface area contributed by atoms with Gasteiger partial charge < -0.3 is 4.90 Å². The Morgan fingerprint density at radius 2 is 2.12 bits per heavy atom. The monoisotopic (exact) mass is 242 g/mol. The summed E-state index contributed by atoms with van der Waals surface area (Å²) in [6.45, 7) is 3.23. The van der Waals surface area contributed by atoms with Crippen LogP contribution in [0.3, 0.4) is 0 Å². The molecule has 3 N–H and O–H groups in total. The van der Waals surface area contributed by atoms with E-state index in [1.54, 1.807) is 4.90 Å². The van der Waals surface area contributed by atoms with Crippen molar-refractivity contribution in [3.63, 3.8) is 0 Å². The van der Waals surface area contributed by atoms with Crippen LogP contribution in [0.2, 0.25) is 0 Å². The van der Waals surface area contributed by atoms with E-state index in [-0.39, 0.29) is 11.8 Å². The van der Waals surface area contributed by atoms with Crippen molar-refractivity contribution >= 4 is 11.8 Å². The SMILES string of the molecule is CN1CCN(CCCCCC(=O)NN)CC1=O. The lowest BCUT2D eigenvalue weighted by Crippen LogP contribution is -2.48. The number of hydrazine groups is 1. The molecule has 1 rings (SSSR count). The maximum atomic E-state index is 11.4. The number of carbonyl (C=O) groups excluding carboxylic acids is 2. The Balaban J connectivity index is 2.03. The highest BCUT2D eigenvalue weighted by atomic mass is 16.2. The number of nitrogens with zero attached hydrogens (tertiary/aromatic N) is 2. The number of nitrogens with two attached hydrogens (primary N) is 1. The molecular formula is C11H22N4O2. The minimum absolute atomic E-state index is 0.111. The fourth-order valence-electron chi connectivity index (χ4n) is 1.87. The largest absolute Gasteiger partial charge is 0.343 e. The number of unbranched alkanes of at least 4 members (excludes halogenated alkanes) is 2. The number of piperazine rings is 1. The second kappa shape index (κ2) is 7.24. The molecule has 0 bridgehead atoms. The third-order valence-corrected chi connectivity index (χ3v) is 3.08. The standard InChI is InChI=1S/C11H22N4O2/c1-14-7-8-15(9-11(14)17)6-4-2-3-5-10(16)13-12/h2-9,12H2,1H3,(H,13,16). The van der Waals surface area contributed by atoms with Crippen molar-refractivity contribution in [3.8, 4) is 0 Å². The summed E-state index contributed by atoms with van der Waals surface area (Å²) < 4.78 is 0. The smallest absolute Gasteiger partial charge is 0.236 e. The summed E-state index contributed by atoms with van der Waals surface area (Å²) in [6, 6.07) is 0. The van der Waals surface area contributed by atoms with Crippen LogP contribution in [-0.2, 0) is 9.59 Å². The summed E-state index contributed by atoms with van der Waals surface area (Å²) in [5.41, 5.74) is 2.12. The Labute approximate surface area is 102 Å². The van der Waals surface area contributed by atoms with Gasteiger partial charge in [-0.25, -0.2) is 5.84 Å².